The molecular weight excluding hydrogens is 370 g/mol. The number of nitrogens with zero attached hydrogens (tertiary/aromatic N) is 3. The summed E-state index contributed by atoms with van der Waals surface area (Å²) < 4.78 is 8.40. The van der Waals surface area contributed by atoms with E-state index in [1.807, 2.05) is 30.3 Å². The van der Waals surface area contributed by atoms with Gasteiger partial charge in [-0.05, 0) is 36.6 Å². The summed E-state index contributed by atoms with van der Waals surface area (Å²) in [6.45, 7) is 5.86. The molecule has 0 radical (unpaired) electrons. The maximum Gasteiger partial charge on any atom is 0.160 e. The van der Waals surface area contributed by atoms with Crippen molar-refractivity contribution in [3.63, 3.8) is 0 Å². The van der Waals surface area contributed by atoms with Crippen LogP contribution in [-0.4, -0.2) is 21.1 Å². The van der Waals surface area contributed by atoms with Crippen molar-refractivity contribution >= 4 is 33.1 Å². The highest BCUT2D eigenvalue weighted by atomic mass is 16.5. The van der Waals surface area contributed by atoms with Crippen molar-refractivity contribution in [2.24, 2.45) is 5.92 Å². The largest absolute Gasteiger partial charge is 0.493 e. The van der Waals surface area contributed by atoms with Gasteiger partial charge in [-0.25, -0.2) is 9.97 Å². The minimum atomic E-state index is 0.623. The molecule has 4 nitrogen and oxygen atoms in total. The van der Waals surface area contributed by atoms with Gasteiger partial charge in [0.15, 0.2) is 5.65 Å². The van der Waals surface area contributed by atoms with Crippen LogP contribution >= 0.6 is 0 Å². The van der Waals surface area contributed by atoms with Crippen molar-refractivity contribution in [2.75, 3.05) is 6.61 Å². The maximum absolute atomic E-state index is 6.14. The summed E-state index contributed by atoms with van der Waals surface area (Å²) in [6, 6.07) is 24.8. The zero-order chi connectivity index (χ0) is 20.5. The van der Waals surface area contributed by atoms with Gasteiger partial charge in [0.05, 0.1) is 29.7 Å². The highest BCUT2D eigenvalue weighted by Crippen LogP contribution is 2.30. The minimum Gasteiger partial charge on any atom is -0.493 e. The van der Waals surface area contributed by atoms with Crippen LogP contribution in [0.2, 0.25) is 0 Å². The van der Waals surface area contributed by atoms with Gasteiger partial charge in [0.25, 0.3) is 0 Å². The number of benzene rings is 3. The van der Waals surface area contributed by atoms with E-state index in [1.165, 1.54) is 0 Å². The van der Waals surface area contributed by atoms with Gasteiger partial charge < -0.3 is 9.30 Å². The highest BCUT2D eigenvalue weighted by molar-refractivity contribution is 6.06. The number of hydrogen-bond donors (Lipinski definition) is 0. The minimum absolute atomic E-state index is 0.623. The molecule has 0 aliphatic carbocycles. The van der Waals surface area contributed by atoms with E-state index in [4.69, 9.17) is 14.7 Å². The second kappa shape index (κ2) is 7.79. The summed E-state index contributed by atoms with van der Waals surface area (Å²) in [4.78, 5) is 9.93. The van der Waals surface area contributed by atoms with Crippen molar-refractivity contribution in [1.29, 1.82) is 0 Å². The first-order valence-electron chi connectivity index (χ1n) is 10.5. The zero-order valence-corrected chi connectivity index (χ0v) is 17.4. The molecule has 0 unspecified atom stereocenters. The van der Waals surface area contributed by atoms with Crippen LogP contribution in [0.4, 0.5) is 0 Å². The Hall–Kier alpha value is -3.40. The summed E-state index contributed by atoms with van der Waals surface area (Å²) in [5.74, 6) is 1.57. The third kappa shape index (κ3) is 3.39. The first-order chi connectivity index (χ1) is 14.7. The van der Waals surface area contributed by atoms with Gasteiger partial charge in [-0.15, -0.1) is 0 Å². The van der Waals surface area contributed by atoms with Crippen molar-refractivity contribution < 1.29 is 4.74 Å². The van der Waals surface area contributed by atoms with Crippen LogP contribution in [0, 0.1) is 5.92 Å². The molecule has 4 heteroatoms. The van der Waals surface area contributed by atoms with Crippen molar-refractivity contribution in [2.45, 2.75) is 26.8 Å². The van der Waals surface area contributed by atoms with E-state index in [9.17, 15) is 0 Å². The van der Waals surface area contributed by atoms with Crippen molar-refractivity contribution in [3.05, 3.63) is 78.4 Å². The lowest BCUT2D eigenvalue weighted by molar-refractivity contribution is 0.286. The summed E-state index contributed by atoms with van der Waals surface area (Å²) in [6.07, 6.45) is 1.04. The average Bonchev–Trinajstić information content (AvgIpc) is 3.06. The molecule has 2 heterocycles. The van der Waals surface area contributed by atoms with Gasteiger partial charge in [-0.3, -0.25) is 0 Å². The Bertz CT molecular complexity index is 1340. The molecule has 0 N–H and O–H groups in total. The molecule has 5 rings (SSSR count). The second-order valence-electron chi connectivity index (χ2n) is 8.13. The lowest BCUT2D eigenvalue weighted by atomic mass is 10.1. The molecule has 0 amide bonds. The summed E-state index contributed by atoms with van der Waals surface area (Å²) in [5.41, 5.74) is 5.98. The van der Waals surface area contributed by atoms with Gasteiger partial charge >= 0.3 is 0 Å². The van der Waals surface area contributed by atoms with Gasteiger partial charge in [0.2, 0.25) is 0 Å². The van der Waals surface area contributed by atoms with Gasteiger partial charge in [0.1, 0.15) is 11.3 Å². The Kier molecular flexibility index (Phi) is 4.83. The lowest BCUT2D eigenvalue weighted by Crippen LogP contribution is -2.06. The van der Waals surface area contributed by atoms with Crippen LogP contribution in [0.5, 0.6) is 5.75 Å². The first kappa shape index (κ1) is 18.6. The fraction of sp³-hybridized carbons (Fsp3) is 0.231. The predicted octanol–water partition coefficient (Wildman–Crippen LogP) is 6.21. The number of hydrogen-bond acceptors (Lipinski definition) is 3. The van der Waals surface area contributed by atoms with E-state index < -0.39 is 0 Å². The van der Waals surface area contributed by atoms with Gasteiger partial charge in [-0.2, -0.15) is 0 Å². The monoisotopic (exact) mass is 395 g/mol. The average molecular weight is 396 g/mol. The number of aromatic nitrogens is 3. The molecule has 30 heavy (non-hydrogen) atoms. The summed E-state index contributed by atoms with van der Waals surface area (Å²) >= 11 is 0. The molecule has 0 spiro atoms. The van der Waals surface area contributed by atoms with Gasteiger partial charge in [-0.1, -0.05) is 62.4 Å². The molecular formula is C26H25N3O. The van der Waals surface area contributed by atoms with Crippen molar-refractivity contribution in [1.82, 2.24) is 14.5 Å². The SMILES string of the molecule is CC(C)CCOc1ccccc1Cn1c2ccccc2c2nc3ccccc3nc21. The van der Waals surface area contributed by atoms with Crippen molar-refractivity contribution in [3.8, 4) is 5.75 Å². The van der Waals surface area contributed by atoms with E-state index in [-0.39, 0.29) is 0 Å². The van der Waals surface area contributed by atoms with Crippen LogP contribution in [0.25, 0.3) is 33.1 Å². The molecule has 0 atom stereocenters. The third-order valence-electron chi connectivity index (χ3n) is 5.51. The molecule has 5 aromatic rings. The fourth-order valence-corrected chi connectivity index (χ4v) is 3.89. The molecule has 0 fully saturated rings. The Labute approximate surface area is 176 Å². The van der Waals surface area contributed by atoms with E-state index >= 15 is 0 Å². The normalized spacial score (nSPS) is 11.7. The third-order valence-corrected chi connectivity index (χ3v) is 5.51. The quantitative estimate of drug-likeness (QED) is 0.343. The summed E-state index contributed by atoms with van der Waals surface area (Å²) in [7, 11) is 0. The highest BCUT2D eigenvalue weighted by Gasteiger charge is 2.16. The smallest absolute Gasteiger partial charge is 0.160 e. The number of ether oxygens (including phenoxy) is 1. The standard InChI is InChI=1S/C26H25N3O/c1-18(2)15-16-30-24-14-8-3-9-19(24)17-29-23-13-7-4-10-20(23)25-26(29)28-22-12-6-5-11-21(22)27-25/h3-14,18H,15-17H2,1-2H3. The molecule has 0 aliphatic heterocycles. The van der Waals surface area contributed by atoms with E-state index in [0.29, 0.717) is 12.5 Å². The van der Waals surface area contributed by atoms with Crippen LogP contribution in [0.3, 0.4) is 0 Å². The van der Waals surface area contributed by atoms with E-state index in [0.717, 1.165) is 57.4 Å². The fourth-order valence-electron chi connectivity index (χ4n) is 3.89. The van der Waals surface area contributed by atoms with Crippen LogP contribution in [0.1, 0.15) is 25.8 Å². The molecule has 0 saturated carbocycles. The van der Waals surface area contributed by atoms with E-state index in [1.54, 1.807) is 0 Å². The second-order valence-corrected chi connectivity index (χ2v) is 8.13. The molecule has 0 aliphatic rings. The molecule has 3 aromatic carbocycles. The summed E-state index contributed by atoms with van der Waals surface area (Å²) in [5, 5.41) is 1.13. The maximum atomic E-state index is 6.14. The first-order valence-corrected chi connectivity index (χ1v) is 10.5. The van der Waals surface area contributed by atoms with Crippen LogP contribution < -0.4 is 4.74 Å². The molecule has 0 bridgehead atoms. The van der Waals surface area contributed by atoms with Gasteiger partial charge in [0, 0.05) is 10.9 Å². The number of para-hydroxylation sites is 4. The zero-order valence-electron chi connectivity index (χ0n) is 17.4. The lowest BCUT2D eigenvalue weighted by Gasteiger charge is -2.14. The van der Waals surface area contributed by atoms with Crippen LogP contribution in [0.15, 0.2) is 72.8 Å². The van der Waals surface area contributed by atoms with E-state index in [2.05, 4.69) is 60.9 Å². The Morgan fingerprint density at radius 1 is 0.833 bits per heavy atom. The molecule has 150 valence electrons. The molecule has 2 aromatic heterocycles. The Balaban J connectivity index is 1.63. The Morgan fingerprint density at radius 2 is 1.53 bits per heavy atom. The number of fused-ring (bicyclic) bond motifs is 4. The predicted molar refractivity (Wildman–Crippen MR) is 123 cm³/mol. The Morgan fingerprint density at radius 3 is 2.37 bits per heavy atom. The topological polar surface area (TPSA) is 39.9 Å². The molecule has 0 saturated heterocycles. The van der Waals surface area contributed by atoms with Crippen LogP contribution in [-0.2, 0) is 6.54 Å². The number of rotatable bonds is 6.